The third kappa shape index (κ3) is 6.38. The van der Waals surface area contributed by atoms with Gasteiger partial charge >= 0.3 is 0 Å². The van der Waals surface area contributed by atoms with Crippen molar-refractivity contribution in [1.29, 1.82) is 0 Å². The largest absolute Gasteiger partial charge is 0.494 e. The van der Waals surface area contributed by atoms with Gasteiger partial charge in [-0.05, 0) is 43.0 Å². The van der Waals surface area contributed by atoms with E-state index in [4.69, 9.17) is 9.47 Å². The van der Waals surface area contributed by atoms with Crippen molar-refractivity contribution in [2.45, 2.75) is 31.9 Å². The van der Waals surface area contributed by atoms with Gasteiger partial charge in [-0.15, -0.1) is 0 Å². The molecule has 2 aliphatic rings. The van der Waals surface area contributed by atoms with Crippen LogP contribution in [-0.4, -0.2) is 72.8 Å². The second-order valence-corrected chi connectivity index (χ2v) is 7.95. The van der Waals surface area contributed by atoms with Gasteiger partial charge < -0.3 is 19.7 Å². The van der Waals surface area contributed by atoms with Crippen molar-refractivity contribution in [2.75, 3.05) is 50.8 Å². The summed E-state index contributed by atoms with van der Waals surface area (Å²) in [6.45, 7) is 6.67. The predicted octanol–water partition coefficient (Wildman–Crippen LogP) is 1.86. The summed E-state index contributed by atoms with van der Waals surface area (Å²) in [5.74, 6) is 1.68. The molecule has 0 bridgehead atoms. The lowest BCUT2D eigenvalue weighted by Crippen LogP contribution is -2.46. The lowest BCUT2D eigenvalue weighted by Gasteiger charge is -2.34. The molecule has 2 saturated heterocycles. The third-order valence-electron chi connectivity index (χ3n) is 5.65. The number of ether oxygens (including phenoxy) is 2. The number of piperazine rings is 1. The van der Waals surface area contributed by atoms with Crippen LogP contribution in [0.1, 0.15) is 24.8 Å². The van der Waals surface area contributed by atoms with Crippen LogP contribution in [0.15, 0.2) is 42.7 Å². The Morgan fingerprint density at radius 2 is 1.90 bits per heavy atom. The second kappa shape index (κ2) is 11.1. The minimum Gasteiger partial charge on any atom is -0.494 e. The molecule has 3 heterocycles. The van der Waals surface area contributed by atoms with Crippen LogP contribution < -0.4 is 15.0 Å². The standard InChI is InChI=1S/C23H31N5O3/c29-22(21-4-1-16-31-21)24-11-3-17-30-20-7-5-19(6-8-20)18-27-12-14-28(15-13-27)23-25-9-2-10-26-23/h2,5-10,21H,1,3-4,11-18H2,(H,24,29). The maximum Gasteiger partial charge on any atom is 0.249 e. The van der Waals surface area contributed by atoms with E-state index < -0.39 is 0 Å². The minimum absolute atomic E-state index is 0.000944. The number of nitrogens with one attached hydrogen (secondary N) is 1. The monoisotopic (exact) mass is 425 g/mol. The van der Waals surface area contributed by atoms with Crippen LogP contribution in [0.3, 0.4) is 0 Å². The van der Waals surface area contributed by atoms with E-state index in [1.165, 1.54) is 5.56 Å². The minimum atomic E-state index is -0.261. The van der Waals surface area contributed by atoms with Crippen molar-refractivity contribution in [3.05, 3.63) is 48.3 Å². The topological polar surface area (TPSA) is 79.8 Å². The van der Waals surface area contributed by atoms with E-state index in [0.29, 0.717) is 19.8 Å². The average Bonchev–Trinajstić information content (AvgIpc) is 3.36. The molecule has 1 atom stereocenters. The lowest BCUT2D eigenvalue weighted by atomic mass is 10.2. The van der Waals surface area contributed by atoms with Crippen molar-refractivity contribution in [3.8, 4) is 5.75 Å². The van der Waals surface area contributed by atoms with Gasteiger partial charge in [-0.1, -0.05) is 12.1 Å². The van der Waals surface area contributed by atoms with E-state index in [-0.39, 0.29) is 12.0 Å². The number of carbonyl (C=O) groups excluding carboxylic acids is 1. The first kappa shape index (κ1) is 21.5. The molecule has 1 aromatic carbocycles. The number of rotatable bonds is 9. The maximum absolute atomic E-state index is 11.9. The fourth-order valence-electron chi connectivity index (χ4n) is 3.88. The van der Waals surface area contributed by atoms with Gasteiger partial charge in [0.25, 0.3) is 0 Å². The summed E-state index contributed by atoms with van der Waals surface area (Å²) in [6.07, 6.45) is 5.89. The van der Waals surface area contributed by atoms with Gasteiger partial charge in [0.2, 0.25) is 11.9 Å². The van der Waals surface area contributed by atoms with Gasteiger partial charge in [-0.2, -0.15) is 0 Å². The van der Waals surface area contributed by atoms with Crippen LogP contribution in [0.25, 0.3) is 0 Å². The summed E-state index contributed by atoms with van der Waals surface area (Å²) in [5, 5.41) is 2.92. The second-order valence-electron chi connectivity index (χ2n) is 7.95. The first-order valence-corrected chi connectivity index (χ1v) is 11.1. The Bertz CT molecular complexity index is 804. The molecule has 31 heavy (non-hydrogen) atoms. The Labute approximate surface area is 183 Å². The number of nitrogens with zero attached hydrogens (tertiary/aromatic N) is 4. The summed E-state index contributed by atoms with van der Waals surface area (Å²) >= 11 is 0. The Kier molecular flexibility index (Phi) is 7.68. The zero-order valence-corrected chi connectivity index (χ0v) is 17.9. The molecule has 2 fully saturated rings. The molecule has 1 aromatic heterocycles. The molecule has 2 aromatic rings. The van der Waals surface area contributed by atoms with Gasteiger partial charge in [-0.3, -0.25) is 9.69 Å². The summed E-state index contributed by atoms with van der Waals surface area (Å²) in [5.41, 5.74) is 1.28. The molecule has 0 saturated carbocycles. The predicted molar refractivity (Wildman–Crippen MR) is 118 cm³/mol. The van der Waals surface area contributed by atoms with Gasteiger partial charge in [0.05, 0.1) is 6.61 Å². The number of amides is 1. The fourth-order valence-corrected chi connectivity index (χ4v) is 3.88. The molecule has 8 nitrogen and oxygen atoms in total. The maximum atomic E-state index is 11.9. The van der Waals surface area contributed by atoms with Crippen molar-refractivity contribution in [2.24, 2.45) is 0 Å². The van der Waals surface area contributed by atoms with Gasteiger partial charge in [0.15, 0.2) is 0 Å². The number of anilines is 1. The smallest absolute Gasteiger partial charge is 0.249 e. The molecule has 8 heteroatoms. The van der Waals surface area contributed by atoms with Crippen LogP contribution >= 0.6 is 0 Å². The Morgan fingerprint density at radius 3 is 2.61 bits per heavy atom. The number of hydrogen-bond acceptors (Lipinski definition) is 7. The van der Waals surface area contributed by atoms with E-state index in [1.54, 1.807) is 12.4 Å². The highest BCUT2D eigenvalue weighted by Crippen LogP contribution is 2.16. The molecule has 166 valence electrons. The molecule has 1 N–H and O–H groups in total. The van der Waals surface area contributed by atoms with Crippen LogP contribution in [0.4, 0.5) is 5.95 Å². The van der Waals surface area contributed by atoms with Crippen LogP contribution in [0.2, 0.25) is 0 Å². The third-order valence-corrected chi connectivity index (χ3v) is 5.65. The summed E-state index contributed by atoms with van der Waals surface area (Å²) < 4.78 is 11.2. The molecular formula is C23H31N5O3. The van der Waals surface area contributed by atoms with Crippen LogP contribution in [0.5, 0.6) is 5.75 Å². The first-order chi connectivity index (χ1) is 15.3. The highest BCUT2D eigenvalue weighted by molar-refractivity contribution is 5.80. The van der Waals surface area contributed by atoms with Gasteiger partial charge in [0, 0.05) is 58.3 Å². The Balaban J connectivity index is 1.12. The van der Waals surface area contributed by atoms with Gasteiger partial charge in [-0.25, -0.2) is 9.97 Å². The van der Waals surface area contributed by atoms with Crippen molar-refractivity contribution < 1.29 is 14.3 Å². The molecule has 1 unspecified atom stereocenters. The highest BCUT2D eigenvalue weighted by Gasteiger charge is 2.22. The molecule has 2 aliphatic heterocycles. The van der Waals surface area contributed by atoms with E-state index in [9.17, 15) is 4.79 Å². The number of aromatic nitrogens is 2. The number of benzene rings is 1. The van der Waals surface area contributed by atoms with E-state index >= 15 is 0 Å². The summed E-state index contributed by atoms with van der Waals surface area (Å²) in [7, 11) is 0. The fraction of sp³-hybridized carbons (Fsp3) is 0.522. The highest BCUT2D eigenvalue weighted by atomic mass is 16.5. The quantitative estimate of drug-likeness (QED) is 0.615. The SMILES string of the molecule is O=C(NCCCOc1ccc(CN2CCN(c3ncccn3)CC2)cc1)C1CCCO1. The van der Waals surface area contributed by atoms with E-state index in [0.717, 1.165) is 63.7 Å². The molecule has 0 spiro atoms. The molecule has 0 aliphatic carbocycles. The number of hydrogen-bond donors (Lipinski definition) is 1. The lowest BCUT2D eigenvalue weighted by molar-refractivity contribution is -0.130. The molecule has 0 radical (unpaired) electrons. The molecular weight excluding hydrogens is 394 g/mol. The average molecular weight is 426 g/mol. The Hall–Kier alpha value is -2.71. The Morgan fingerprint density at radius 1 is 1.13 bits per heavy atom. The zero-order valence-electron chi connectivity index (χ0n) is 17.9. The van der Waals surface area contributed by atoms with Crippen molar-refractivity contribution >= 4 is 11.9 Å². The zero-order chi connectivity index (χ0) is 21.3. The van der Waals surface area contributed by atoms with Crippen molar-refractivity contribution in [3.63, 3.8) is 0 Å². The normalized spacial score (nSPS) is 19.4. The molecule has 4 rings (SSSR count). The summed E-state index contributed by atoms with van der Waals surface area (Å²) in [6, 6.07) is 10.1. The van der Waals surface area contributed by atoms with Crippen molar-refractivity contribution in [1.82, 2.24) is 20.2 Å². The van der Waals surface area contributed by atoms with Gasteiger partial charge in [0.1, 0.15) is 11.9 Å². The number of carbonyl (C=O) groups is 1. The summed E-state index contributed by atoms with van der Waals surface area (Å²) in [4.78, 5) is 25.2. The van der Waals surface area contributed by atoms with E-state index in [1.807, 2.05) is 18.2 Å². The van der Waals surface area contributed by atoms with Crippen LogP contribution in [-0.2, 0) is 16.1 Å². The first-order valence-electron chi connectivity index (χ1n) is 11.1. The molecule has 1 amide bonds. The van der Waals surface area contributed by atoms with E-state index in [2.05, 4.69) is 37.2 Å². The van der Waals surface area contributed by atoms with Crippen LogP contribution in [0, 0.1) is 0 Å².